The van der Waals surface area contributed by atoms with Gasteiger partial charge in [0.05, 0.1) is 6.20 Å². The number of fused-ring (bicyclic) bond motifs is 1. The number of nitrogens with one attached hydrogen (secondary N) is 1. The summed E-state index contributed by atoms with van der Waals surface area (Å²) < 4.78 is 2.05. The molecule has 1 atom stereocenters. The summed E-state index contributed by atoms with van der Waals surface area (Å²) in [5, 5.41) is 3.15. The first-order valence-electron chi connectivity index (χ1n) is 7.69. The van der Waals surface area contributed by atoms with Gasteiger partial charge in [-0.05, 0) is 26.4 Å². The molecule has 1 aliphatic rings. The third kappa shape index (κ3) is 2.68. The van der Waals surface area contributed by atoms with Crippen molar-refractivity contribution in [2.75, 3.05) is 43.9 Å². The Kier molecular flexibility index (Phi) is 3.96. The summed E-state index contributed by atoms with van der Waals surface area (Å²) in [7, 11) is 4.11. The molecular weight excluding hydrogens is 264 g/mol. The zero-order chi connectivity index (χ0) is 14.8. The number of rotatable bonds is 3. The van der Waals surface area contributed by atoms with Crippen molar-refractivity contribution < 1.29 is 0 Å². The zero-order valence-electron chi connectivity index (χ0n) is 13.1. The summed E-state index contributed by atoms with van der Waals surface area (Å²) in [4.78, 5) is 14.2. The van der Waals surface area contributed by atoms with Gasteiger partial charge in [-0.2, -0.15) is 0 Å². The monoisotopic (exact) mass is 288 g/mol. The highest BCUT2D eigenvalue weighted by Crippen LogP contribution is 2.25. The first-order chi connectivity index (χ1) is 10.2. The van der Waals surface area contributed by atoms with Gasteiger partial charge in [0.2, 0.25) is 0 Å². The second-order valence-corrected chi connectivity index (χ2v) is 5.73. The Morgan fingerprint density at radius 1 is 1.38 bits per heavy atom. The summed E-state index contributed by atoms with van der Waals surface area (Å²) in [6.45, 7) is 5.51. The lowest BCUT2D eigenvalue weighted by molar-refractivity contribution is 0.328. The molecule has 6 nitrogen and oxygen atoms in total. The fourth-order valence-corrected chi connectivity index (χ4v) is 3.10. The molecule has 0 aromatic carbocycles. The molecule has 0 spiro atoms. The summed E-state index contributed by atoms with van der Waals surface area (Å²) in [6, 6.07) is 0.484. The van der Waals surface area contributed by atoms with Crippen LogP contribution in [-0.4, -0.2) is 59.0 Å². The quantitative estimate of drug-likeness (QED) is 0.931. The lowest BCUT2D eigenvalue weighted by atomic mass is 10.2. The van der Waals surface area contributed by atoms with E-state index in [0.717, 1.165) is 49.8 Å². The van der Waals surface area contributed by atoms with Crippen molar-refractivity contribution in [1.82, 2.24) is 19.3 Å². The molecule has 1 N–H and O–H groups in total. The van der Waals surface area contributed by atoms with Crippen molar-refractivity contribution in [2.24, 2.45) is 0 Å². The Hall–Kier alpha value is -1.82. The summed E-state index contributed by atoms with van der Waals surface area (Å²) in [5.74, 6) is 1.87. The summed E-state index contributed by atoms with van der Waals surface area (Å²) >= 11 is 0. The van der Waals surface area contributed by atoms with Crippen molar-refractivity contribution in [3.05, 3.63) is 18.6 Å². The molecule has 6 heteroatoms. The Morgan fingerprint density at radius 3 is 3.00 bits per heavy atom. The molecule has 0 aliphatic carbocycles. The Bertz CT molecular complexity index is 607. The van der Waals surface area contributed by atoms with Gasteiger partial charge in [-0.3, -0.25) is 0 Å². The predicted molar refractivity (Wildman–Crippen MR) is 86.1 cm³/mol. The van der Waals surface area contributed by atoms with Gasteiger partial charge in [-0.1, -0.05) is 6.92 Å². The van der Waals surface area contributed by atoms with Crippen LogP contribution in [0.25, 0.3) is 5.65 Å². The van der Waals surface area contributed by atoms with Crippen LogP contribution in [0.15, 0.2) is 18.6 Å². The SMILES string of the molecule is CCC1CN(C)CCCN1c1nc(NC)cn2ccnc12. The first-order valence-corrected chi connectivity index (χ1v) is 7.69. The van der Waals surface area contributed by atoms with Crippen LogP contribution >= 0.6 is 0 Å². The highest BCUT2D eigenvalue weighted by Gasteiger charge is 2.25. The van der Waals surface area contributed by atoms with Crippen LogP contribution < -0.4 is 10.2 Å². The van der Waals surface area contributed by atoms with Gasteiger partial charge in [0.15, 0.2) is 11.5 Å². The van der Waals surface area contributed by atoms with Crippen molar-refractivity contribution in [1.29, 1.82) is 0 Å². The second kappa shape index (κ2) is 5.89. The third-order valence-corrected chi connectivity index (χ3v) is 4.26. The molecule has 1 fully saturated rings. The van der Waals surface area contributed by atoms with Gasteiger partial charge in [-0.25, -0.2) is 9.97 Å². The van der Waals surface area contributed by atoms with Crippen molar-refractivity contribution in [2.45, 2.75) is 25.8 Å². The van der Waals surface area contributed by atoms with E-state index in [0.29, 0.717) is 6.04 Å². The number of likely N-dealkylation sites (N-methyl/N-ethyl adjacent to an activating group) is 1. The topological polar surface area (TPSA) is 48.7 Å². The summed E-state index contributed by atoms with van der Waals surface area (Å²) in [6.07, 6.45) is 8.07. The summed E-state index contributed by atoms with van der Waals surface area (Å²) in [5.41, 5.74) is 0.942. The number of nitrogens with zero attached hydrogens (tertiary/aromatic N) is 5. The maximum atomic E-state index is 4.79. The van der Waals surface area contributed by atoms with E-state index in [1.165, 1.54) is 0 Å². The smallest absolute Gasteiger partial charge is 0.180 e. The Morgan fingerprint density at radius 2 is 2.24 bits per heavy atom. The van der Waals surface area contributed by atoms with Crippen LogP contribution in [0.4, 0.5) is 11.6 Å². The minimum absolute atomic E-state index is 0.484. The van der Waals surface area contributed by atoms with Crippen molar-refractivity contribution >= 4 is 17.3 Å². The number of imidazole rings is 1. The highest BCUT2D eigenvalue weighted by molar-refractivity contribution is 5.67. The fraction of sp³-hybridized carbons (Fsp3) is 0.600. The van der Waals surface area contributed by atoms with Gasteiger partial charge in [0.1, 0.15) is 5.82 Å². The molecule has 2 aromatic rings. The predicted octanol–water partition coefficient (Wildman–Crippen LogP) is 1.69. The van der Waals surface area contributed by atoms with Crippen LogP contribution in [0, 0.1) is 0 Å². The molecule has 3 rings (SSSR count). The fourth-order valence-electron chi connectivity index (χ4n) is 3.10. The maximum Gasteiger partial charge on any atom is 0.180 e. The first kappa shape index (κ1) is 14.1. The molecule has 3 heterocycles. The van der Waals surface area contributed by atoms with E-state index in [1.807, 2.05) is 25.6 Å². The molecule has 0 bridgehead atoms. The molecule has 0 amide bonds. The van der Waals surface area contributed by atoms with E-state index in [2.05, 4.69) is 38.5 Å². The molecule has 1 aliphatic heterocycles. The molecule has 1 saturated heterocycles. The van der Waals surface area contributed by atoms with E-state index < -0.39 is 0 Å². The van der Waals surface area contributed by atoms with Gasteiger partial charge < -0.3 is 19.5 Å². The largest absolute Gasteiger partial charge is 0.372 e. The molecular formula is C15H24N6. The lowest BCUT2D eigenvalue weighted by Crippen LogP contribution is -2.40. The molecule has 0 saturated carbocycles. The minimum Gasteiger partial charge on any atom is -0.372 e. The van der Waals surface area contributed by atoms with Crippen LogP contribution in [0.2, 0.25) is 0 Å². The average molecular weight is 288 g/mol. The Balaban J connectivity index is 2.06. The van der Waals surface area contributed by atoms with Gasteiger partial charge in [0, 0.05) is 38.6 Å². The minimum atomic E-state index is 0.484. The molecule has 21 heavy (non-hydrogen) atoms. The van der Waals surface area contributed by atoms with E-state index in [1.54, 1.807) is 0 Å². The lowest BCUT2D eigenvalue weighted by Gasteiger charge is -2.31. The van der Waals surface area contributed by atoms with Crippen LogP contribution in [0.3, 0.4) is 0 Å². The number of aromatic nitrogens is 3. The van der Waals surface area contributed by atoms with Gasteiger partial charge in [0.25, 0.3) is 0 Å². The average Bonchev–Trinajstić information content (AvgIpc) is 2.89. The van der Waals surface area contributed by atoms with Crippen LogP contribution in [0.5, 0.6) is 0 Å². The standard InChI is InChI=1S/C15H24N6/c1-4-12-10-19(3)7-5-8-21(12)15-14-17-6-9-20(14)11-13(16-2)18-15/h6,9,11-12,16H,4-5,7-8,10H2,1-3H3. The number of hydrogen-bond donors (Lipinski definition) is 1. The third-order valence-electron chi connectivity index (χ3n) is 4.26. The van der Waals surface area contributed by atoms with Crippen molar-refractivity contribution in [3.8, 4) is 0 Å². The maximum absolute atomic E-state index is 4.79. The van der Waals surface area contributed by atoms with Crippen LogP contribution in [-0.2, 0) is 0 Å². The normalized spacial score (nSPS) is 20.7. The van der Waals surface area contributed by atoms with E-state index in [9.17, 15) is 0 Å². The van der Waals surface area contributed by atoms with Crippen molar-refractivity contribution in [3.63, 3.8) is 0 Å². The Labute approximate surface area is 125 Å². The highest BCUT2D eigenvalue weighted by atomic mass is 15.3. The number of anilines is 2. The van der Waals surface area contributed by atoms with E-state index >= 15 is 0 Å². The molecule has 2 aromatic heterocycles. The number of hydrogen-bond acceptors (Lipinski definition) is 5. The van der Waals surface area contributed by atoms with Crippen LogP contribution in [0.1, 0.15) is 19.8 Å². The van der Waals surface area contributed by atoms with E-state index in [-0.39, 0.29) is 0 Å². The van der Waals surface area contributed by atoms with Gasteiger partial charge in [-0.15, -0.1) is 0 Å². The molecule has 0 radical (unpaired) electrons. The molecule has 114 valence electrons. The zero-order valence-corrected chi connectivity index (χ0v) is 13.1. The van der Waals surface area contributed by atoms with Gasteiger partial charge >= 0.3 is 0 Å². The molecule has 1 unspecified atom stereocenters. The van der Waals surface area contributed by atoms with E-state index in [4.69, 9.17) is 4.98 Å². The second-order valence-electron chi connectivity index (χ2n) is 5.73.